The standard InChI is InChI=1S/C16H12BrCl2FN2O5S/c17-9-1-4-14(12(19)5-9)28(25,26)21-7-16(24)27-8-15(23)22-13-3-2-10(20)6-11(13)18/h1-6,21H,7-8H2,(H,22,23). The number of carbonyl (C=O) groups is 2. The van der Waals surface area contributed by atoms with Crippen LogP contribution in [0.3, 0.4) is 0 Å². The van der Waals surface area contributed by atoms with Crippen LogP contribution in [-0.2, 0) is 24.3 Å². The van der Waals surface area contributed by atoms with Crippen LogP contribution in [0.1, 0.15) is 0 Å². The van der Waals surface area contributed by atoms with Crippen molar-refractivity contribution in [1.82, 2.24) is 4.72 Å². The van der Waals surface area contributed by atoms with Gasteiger partial charge in [0.2, 0.25) is 10.0 Å². The number of hydrogen-bond donors (Lipinski definition) is 2. The Kier molecular flexibility index (Phi) is 7.79. The Hall–Kier alpha value is -1.72. The van der Waals surface area contributed by atoms with Gasteiger partial charge in [0.1, 0.15) is 17.3 Å². The van der Waals surface area contributed by atoms with E-state index in [-0.39, 0.29) is 20.6 Å². The number of benzene rings is 2. The lowest BCUT2D eigenvalue weighted by atomic mass is 10.3. The number of esters is 1. The molecule has 0 atom stereocenters. The van der Waals surface area contributed by atoms with Crippen molar-refractivity contribution in [3.63, 3.8) is 0 Å². The summed E-state index contributed by atoms with van der Waals surface area (Å²) < 4.78 is 44.6. The van der Waals surface area contributed by atoms with Gasteiger partial charge in [-0.2, -0.15) is 4.72 Å². The first-order valence-electron chi connectivity index (χ1n) is 7.44. The predicted molar refractivity (Wildman–Crippen MR) is 105 cm³/mol. The molecule has 0 aromatic heterocycles. The van der Waals surface area contributed by atoms with Crippen molar-refractivity contribution in [2.75, 3.05) is 18.5 Å². The molecule has 2 N–H and O–H groups in total. The number of amides is 1. The normalized spacial score (nSPS) is 11.1. The number of carbonyl (C=O) groups excluding carboxylic acids is 2. The molecule has 0 aliphatic rings. The highest BCUT2D eigenvalue weighted by Gasteiger charge is 2.20. The number of anilines is 1. The maximum Gasteiger partial charge on any atom is 0.321 e. The van der Waals surface area contributed by atoms with Crippen LogP contribution in [0.15, 0.2) is 45.8 Å². The van der Waals surface area contributed by atoms with Crippen LogP contribution in [0.25, 0.3) is 0 Å². The van der Waals surface area contributed by atoms with Gasteiger partial charge in [0.15, 0.2) is 6.61 Å². The zero-order valence-corrected chi connectivity index (χ0v) is 17.8. The first kappa shape index (κ1) is 22.6. The molecule has 0 heterocycles. The minimum absolute atomic E-state index is 0.0289. The highest BCUT2D eigenvalue weighted by molar-refractivity contribution is 9.10. The second-order valence-electron chi connectivity index (χ2n) is 5.23. The van der Waals surface area contributed by atoms with Crippen molar-refractivity contribution in [2.24, 2.45) is 0 Å². The SMILES string of the molecule is O=C(COC(=O)CNS(=O)(=O)c1ccc(Br)cc1Cl)Nc1ccc(F)cc1Cl. The number of nitrogens with one attached hydrogen (secondary N) is 2. The molecule has 2 rings (SSSR count). The Morgan fingerprint density at radius 3 is 2.46 bits per heavy atom. The topological polar surface area (TPSA) is 102 Å². The molecule has 0 radical (unpaired) electrons. The van der Waals surface area contributed by atoms with Crippen molar-refractivity contribution >= 4 is 66.7 Å². The van der Waals surface area contributed by atoms with E-state index in [1.165, 1.54) is 24.3 Å². The van der Waals surface area contributed by atoms with E-state index >= 15 is 0 Å². The van der Waals surface area contributed by atoms with E-state index in [0.29, 0.717) is 4.47 Å². The minimum atomic E-state index is -4.06. The molecule has 12 heteroatoms. The molecule has 2 aromatic rings. The quantitative estimate of drug-likeness (QED) is 0.553. The van der Waals surface area contributed by atoms with Crippen molar-refractivity contribution in [3.8, 4) is 0 Å². The lowest BCUT2D eigenvalue weighted by Gasteiger charge is -2.10. The van der Waals surface area contributed by atoms with Crippen LogP contribution in [0.4, 0.5) is 10.1 Å². The van der Waals surface area contributed by atoms with Gasteiger partial charge in [0, 0.05) is 4.47 Å². The molecular weight excluding hydrogens is 502 g/mol. The molecule has 28 heavy (non-hydrogen) atoms. The van der Waals surface area contributed by atoms with Crippen molar-refractivity contribution in [1.29, 1.82) is 0 Å². The first-order chi connectivity index (χ1) is 13.1. The van der Waals surface area contributed by atoms with Crippen LogP contribution in [0.2, 0.25) is 10.0 Å². The predicted octanol–water partition coefficient (Wildman–Crippen LogP) is 3.36. The summed E-state index contributed by atoms with van der Waals surface area (Å²) in [4.78, 5) is 23.2. The highest BCUT2D eigenvalue weighted by Crippen LogP contribution is 2.25. The number of rotatable bonds is 7. The summed E-state index contributed by atoms with van der Waals surface area (Å²) in [6.07, 6.45) is 0. The molecular formula is C16H12BrCl2FN2O5S. The van der Waals surface area contributed by atoms with E-state index in [2.05, 4.69) is 26.0 Å². The van der Waals surface area contributed by atoms with Crippen LogP contribution in [0, 0.1) is 5.82 Å². The lowest BCUT2D eigenvalue weighted by molar-refractivity contribution is -0.146. The molecule has 2 aromatic carbocycles. The third-order valence-corrected chi connectivity index (χ3v) is 5.85. The minimum Gasteiger partial charge on any atom is -0.455 e. The van der Waals surface area contributed by atoms with Crippen LogP contribution in [-0.4, -0.2) is 33.4 Å². The maximum absolute atomic E-state index is 13.0. The summed E-state index contributed by atoms with van der Waals surface area (Å²) >= 11 is 14.8. The fourth-order valence-electron chi connectivity index (χ4n) is 1.90. The molecule has 0 unspecified atom stereocenters. The molecule has 0 aliphatic heterocycles. The van der Waals surface area contributed by atoms with Crippen molar-refractivity contribution in [3.05, 3.63) is 56.7 Å². The Morgan fingerprint density at radius 2 is 1.82 bits per heavy atom. The second-order valence-corrected chi connectivity index (χ2v) is 8.70. The average Bonchev–Trinajstić information content (AvgIpc) is 2.60. The summed E-state index contributed by atoms with van der Waals surface area (Å²) in [7, 11) is -4.06. The van der Waals surface area contributed by atoms with E-state index in [4.69, 9.17) is 23.2 Å². The third kappa shape index (κ3) is 6.42. The monoisotopic (exact) mass is 512 g/mol. The van der Waals surface area contributed by atoms with Gasteiger partial charge in [0.25, 0.3) is 5.91 Å². The van der Waals surface area contributed by atoms with E-state index < -0.39 is 40.9 Å². The van der Waals surface area contributed by atoms with Gasteiger partial charge in [0.05, 0.1) is 15.7 Å². The van der Waals surface area contributed by atoms with Crippen LogP contribution < -0.4 is 10.0 Å². The molecule has 0 aliphatic carbocycles. The second kappa shape index (κ2) is 9.66. The first-order valence-corrected chi connectivity index (χ1v) is 10.5. The molecule has 0 spiro atoms. The van der Waals surface area contributed by atoms with Crippen LogP contribution >= 0.6 is 39.1 Å². The smallest absolute Gasteiger partial charge is 0.321 e. The molecule has 0 saturated carbocycles. The summed E-state index contributed by atoms with van der Waals surface area (Å²) in [6, 6.07) is 7.47. The average molecular weight is 514 g/mol. The van der Waals surface area contributed by atoms with Gasteiger partial charge in [-0.15, -0.1) is 0 Å². The van der Waals surface area contributed by atoms with E-state index in [9.17, 15) is 22.4 Å². The number of halogens is 4. The molecule has 0 fully saturated rings. The molecule has 150 valence electrons. The van der Waals surface area contributed by atoms with Gasteiger partial charge in [-0.05, 0) is 36.4 Å². The zero-order chi connectivity index (χ0) is 20.9. The number of ether oxygens (including phenoxy) is 1. The van der Waals surface area contributed by atoms with Crippen molar-refractivity contribution < 1.29 is 27.1 Å². The van der Waals surface area contributed by atoms with Gasteiger partial charge in [-0.1, -0.05) is 39.1 Å². The van der Waals surface area contributed by atoms with E-state index in [0.717, 1.165) is 12.1 Å². The fourth-order valence-corrected chi connectivity index (χ4v) is 4.12. The Balaban J connectivity index is 1.85. The van der Waals surface area contributed by atoms with Crippen LogP contribution in [0.5, 0.6) is 0 Å². The third-order valence-electron chi connectivity index (χ3n) is 3.16. The fraction of sp³-hybridized carbons (Fsp3) is 0.125. The molecule has 0 bridgehead atoms. The Morgan fingerprint density at radius 1 is 1.11 bits per heavy atom. The Bertz CT molecular complexity index is 1020. The lowest BCUT2D eigenvalue weighted by Crippen LogP contribution is -2.32. The zero-order valence-electron chi connectivity index (χ0n) is 13.8. The highest BCUT2D eigenvalue weighted by atomic mass is 79.9. The Labute approximate surface area is 178 Å². The largest absolute Gasteiger partial charge is 0.455 e. The molecule has 1 amide bonds. The van der Waals surface area contributed by atoms with Gasteiger partial charge in [-0.25, -0.2) is 12.8 Å². The van der Waals surface area contributed by atoms with Crippen molar-refractivity contribution in [2.45, 2.75) is 4.90 Å². The van der Waals surface area contributed by atoms with E-state index in [1.54, 1.807) is 0 Å². The molecule has 0 saturated heterocycles. The number of hydrogen-bond acceptors (Lipinski definition) is 5. The summed E-state index contributed by atoms with van der Waals surface area (Å²) in [5.74, 6) is -2.30. The van der Waals surface area contributed by atoms with E-state index in [1.807, 2.05) is 4.72 Å². The summed E-state index contributed by atoms with van der Waals surface area (Å²) in [5, 5.41) is 2.26. The summed E-state index contributed by atoms with van der Waals surface area (Å²) in [6.45, 7) is -1.40. The number of sulfonamides is 1. The molecule has 7 nitrogen and oxygen atoms in total. The summed E-state index contributed by atoms with van der Waals surface area (Å²) in [5.41, 5.74) is 0.134. The van der Waals surface area contributed by atoms with Gasteiger partial charge in [-0.3, -0.25) is 9.59 Å². The van der Waals surface area contributed by atoms with Gasteiger partial charge >= 0.3 is 5.97 Å². The van der Waals surface area contributed by atoms with Gasteiger partial charge < -0.3 is 10.1 Å². The maximum atomic E-state index is 13.0.